The maximum Gasteiger partial charge on any atom is 0.143 e. The summed E-state index contributed by atoms with van der Waals surface area (Å²) in [5.41, 5.74) is 5.79. The lowest BCUT2D eigenvalue weighted by molar-refractivity contribution is 0.670. The molecule has 0 spiro atoms. The monoisotopic (exact) mass is 790 g/mol. The zero-order valence-corrected chi connectivity index (χ0v) is 32.1. The fourth-order valence-corrected chi connectivity index (χ4v) is 8.81. The van der Waals surface area contributed by atoms with E-state index in [9.17, 15) is 6.85 Å². The van der Waals surface area contributed by atoms with Crippen molar-refractivity contribution in [3.05, 3.63) is 230 Å². The van der Waals surface area contributed by atoms with Gasteiger partial charge in [-0.2, -0.15) is 0 Å². The van der Waals surface area contributed by atoms with E-state index in [1.54, 1.807) is 30.3 Å². The van der Waals surface area contributed by atoms with E-state index in [0.717, 1.165) is 11.1 Å². The minimum Gasteiger partial charge on any atom is -0.455 e. The van der Waals surface area contributed by atoms with Gasteiger partial charge in [-0.15, -0.1) is 0 Å². The summed E-state index contributed by atoms with van der Waals surface area (Å²) in [6.45, 7) is 0. The van der Waals surface area contributed by atoms with Gasteiger partial charge in [-0.05, 0) is 118 Å². The van der Waals surface area contributed by atoms with Crippen LogP contribution in [0.1, 0.15) is 21.9 Å². The summed E-state index contributed by atoms with van der Waals surface area (Å²) in [4.78, 5) is 0. The Kier molecular flexibility index (Phi) is 5.28. The summed E-state index contributed by atoms with van der Waals surface area (Å²) in [5, 5.41) is 1.85. The van der Waals surface area contributed by atoms with Gasteiger partial charge < -0.3 is 4.42 Å². The quantitative estimate of drug-likeness (QED) is 0.153. The summed E-state index contributed by atoms with van der Waals surface area (Å²) in [6.07, 6.45) is 0. The number of benzene rings is 11. The molecular formula is C60H38O. The normalized spacial score (nSPS) is 15.3. The third-order valence-corrected chi connectivity index (χ3v) is 11.4. The minimum absolute atomic E-state index is 0.00396. The van der Waals surface area contributed by atoms with Crippen molar-refractivity contribution in [1.82, 2.24) is 0 Å². The molecule has 0 amide bonds. The molecule has 1 aromatic heterocycles. The van der Waals surface area contributed by atoms with E-state index < -0.39 is 96.7 Å². The molecule has 0 saturated carbocycles. The van der Waals surface area contributed by atoms with Crippen molar-refractivity contribution in [2.75, 3.05) is 0 Å². The van der Waals surface area contributed by atoms with Crippen molar-refractivity contribution in [3.63, 3.8) is 0 Å². The van der Waals surface area contributed by atoms with Crippen molar-refractivity contribution in [2.24, 2.45) is 0 Å². The van der Waals surface area contributed by atoms with Gasteiger partial charge in [0.2, 0.25) is 0 Å². The Morgan fingerprint density at radius 1 is 0.311 bits per heavy atom. The summed E-state index contributed by atoms with van der Waals surface area (Å²) in [6, 6.07) is 32.6. The molecule has 1 heteroatoms. The number of rotatable bonds is 6. The molecule has 0 N–H and O–H groups in total. The molecule has 0 fully saturated rings. The molecule has 0 atom stereocenters. The molecule has 0 unspecified atom stereocenters. The van der Waals surface area contributed by atoms with Crippen LogP contribution in [-0.2, 0) is 0 Å². The fourth-order valence-electron chi connectivity index (χ4n) is 8.81. The maximum absolute atomic E-state index is 9.80. The first-order chi connectivity index (χ1) is 36.9. The smallest absolute Gasteiger partial charge is 0.143 e. The van der Waals surface area contributed by atoms with Gasteiger partial charge in [-0.1, -0.05) is 206 Å². The van der Waals surface area contributed by atoms with Gasteiger partial charge in [0.25, 0.3) is 0 Å². The molecule has 61 heavy (non-hydrogen) atoms. The first-order valence-corrected chi connectivity index (χ1v) is 19.7. The second kappa shape index (κ2) is 14.4. The highest BCUT2D eigenvalue weighted by atomic mass is 16.3. The number of hydrogen-bond acceptors (Lipinski definition) is 1. The highest BCUT2D eigenvalue weighted by Crippen LogP contribution is 2.52. The summed E-state index contributed by atoms with van der Waals surface area (Å²) in [7, 11) is 0. The van der Waals surface area contributed by atoms with E-state index in [4.69, 9.17) is 19.5 Å². The van der Waals surface area contributed by atoms with Gasteiger partial charge >= 0.3 is 0 Å². The molecule has 1 nitrogen and oxygen atoms in total. The molecule has 12 rings (SSSR count). The predicted molar refractivity (Wildman–Crippen MR) is 259 cm³/mol. The van der Waals surface area contributed by atoms with E-state index in [1.807, 2.05) is 103 Å². The third kappa shape index (κ3) is 5.70. The van der Waals surface area contributed by atoms with Crippen LogP contribution in [0.2, 0.25) is 0 Å². The van der Waals surface area contributed by atoms with Crippen molar-refractivity contribution in [1.29, 1.82) is 0 Å². The zero-order chi connectivity index (χ0) is 54.2. The lowest BCUT2D eigenvalue weighted by Gasteiger charge is -2.23. The molecule has 0 aliphatic heterocycles. The van der Waals surface area contributed by atoms with Crippen molar-refractivity contribution in [3.8, 4) is 66.8 Å². The van der Waals surface area contributed by atoms with E-state index in [1.165, 1.54) is 0 Å². The molecule has 284 valence electrons. The van der Waals surface area contributed by atoms with E-state index in [-0.39, 0.29) is 49.4 Å². The number of furan rings is 1. The number of fused-ring (bicyclic) bond motifs is 6. The van der Waals surface area contributed by atoms with Crippen LogP contribution in [0.15, 0.2) is 235 Å². The van der Waals surface area contributed by atoms with Crippen LogP contribution < -0.4 is 0 Å². The minimum atomic E-state index is -0.610. The Balaban J connectivity index is 1.27. The summed E-state index contributed by atoms with van der Waals surface area (Å²) in [5.74, 6) is 0. The van der Waals surface area contributed by atoms with Crippen molar-refractivity contribution in [2.45, 2.75) is 0 Å². The first kappa shape index (κ1) is 22.4. The van der Waals surface area contributed by atoms with E-state index in [0.29, 0.717) is 60.5 Å². The average molecular weight is 791 g/mol. The van der Waals surface area contributed by atoms with Gasteiger partial charge in [-0.25, -0.2) is 0 Å². The molecule has 0 aliphatic carbocycles. The van der Waals surface area contributed by atoms with Gasteiger partial charge in [0.15, 0.2) is 0 Å². The average Bonchev–Trinajstić information content (AvgIpc) is 4.05. The van der Waals surface area contributed by atoms with E-state index in [2.05, 4.69) is 0 Å². The molecule has 0 saturated heterocycles. The second-order valence-electron chi connectivity index (χ2n) is 14.7. The summed E-state index contributed by atoms with van der Waals surface area (Å²) < 4.78 is 151. The molecule has 11 aromatic carbocycles. The van der Waals surface area contributed by atoms with Crippen molar-refractivity contribution >= 4 is 54.3 Å². The second-order valence-corrected chi connectivity index (χ2v) is 14.7. The highest BCUT2D eigenvalue weighted by molar-refractivity contribution is 6.24. The van der Waals surface area contributed by atoms with E-state index >= 15 is 0 Å². The fraction of sp³-hybridized carbons (Fsp3) is 0. The van der Waals surface area contributed by atoms with Crippen LogP contribution in [0, 0.1) is 0 Å². The number of para-hydroxylation sites is 1. The number of hydrogen-bond donors (Lipinski definition) is 0. The largest absolute Gasteiger partial charge is 0.455 e. The van der Waals surface area contributed by atoms with Gasteiger partial charge in [0.1, 0.15) is 11.2 Å². The molecular weight excluding hydrogens is 737 g/mol. The van der Waals surface area contributed by atoms with Crippen LogP contribution in [0.5, 0.6) is 0 Å². The predicted octanol–water partition coefficient (Wildman–Crippen LogP) is 17.0. The van der Waals surface area contributed by atoms with Crippen LogP contribution >= 0.6 is 0 Å². The lowest BCUT2D eigenvalue weighted by atomic mass is 9.79. The SMILES string of the molecule is [2H]c1c([2H])c([2H])c(-c2c3ccccc3c(-c3c(-c4ccccc4)cc(-c4ccc(-c5c([2H])c([2H])c([2H])c6c([2H])c([2H])c([2H])c([2H])c56)c5oc6ccccc6c45)cc3-c3ccccc3)c3c([2H])c([2H])c([2H])c([2H])c23)c([2H])c1[2H]. The first-order valence-electron chi connectivity index (χ1n) is 27.7. The third-order valence-electron chi connectivity index (χ3n) is 11.4. The van der Waals surface area contributed by atoms with Crippen LogP contribution in [0.3, 0.4) is 0 Å². The van der Waals surface area contributed by atoms with Gasteiger partial charge in [0, 0.05) is 16.3 Å². The Labute approximate surface area is 376 Å². The standard InChI is InChI=1S/C60H38O/c1-4-19-40(20-5-1)53-37-43(45-35-36-51(46-33-18-26-39-23-10-11-27-44(39)46)60-59(45)52-32-16-17-34-55(52)61-60)38-54(41-21-6-2-7-22-41)58(53)57-49-30-14-12-28-47(49)56(42-24-8-3-9-25-42)48-29-13-15-31-50(48)57/h1-38H/i3D,8D,9D,10D,11D,12D,14D,18D,23D,24D,25D,26D,27D,28D,30D,33D. The van der Waals surface area contributed by atoms with Crippen LogP contribution in [-0.4, -0.2) is 0 Å². The maximum atomic E-state index is 9.80. The topological polar surface area (TPSA) is 13.1 Å². The molecule has 0 aliphatic rings. The molecule has 0 radical (unpaired) electrons. The van der Waals surface area contributed by atoms with Crippen LogP contribution in [0.4, 0.5) is 0 Å². The zero-order valence-electron chi connectivity index (χ0n) is 48.1. The Hall–Kier alpha value is -8.00. The molecule has 0 bridgehead atoms. The van der Waals surface area contributed by atoms with Crippen LogP contribution in [0.25, 0.3) is 121 Å². The highest BCUT2D eigenvalue weighted by Gasteiger charge is 2.25. The molecule has 1 heterocycles. The summed E-state index contributed by atoms with van der Waals surface area (Å²) >= 11 is 0. The molecule has 12 aromatic rings. The lowest BCUT2D eigenvalue weighted by Crippen LogP contribution is -1.97. The Morgan fingerprint density at radius 3 is 1.56 bits per heavy atom. The van der Waals surface area contributed by atoms with Gasteiger partial charge in [-0.3, -0.25) is 0 Å². The van der Waals surface area contributed by atoms with Gasteiger partial charge in [0.05, 0.1) is 21.9 Å². The van der Waals surface area contributed by atoms with Crippen molar-refractivity contribution < 1.29 is 26.3 Å². The Bertz CT molecular complexity index is 4470. The Morgan fingerprint density at radius 2 is 0.852 bits per heavy atom.